The van der Waals surface area contributed by atoms with Gasteiger partial charge in [0, 0.05) is 6.07 Å². The summed E-state index contributed by atoms with van der Waals surface area (Å²) in [4.78, 5) is 9.67. The number of nitrogens with one attached hydrogen (secondary N) is 1. The van der Waals surface area contributed by atoms with Crippen LogP contribution in [0.4, 0.5) is 24.5 Å². The van der Waals surface area contributed by atoms with E-state index in [4.69, 9.17) is 0 Å². The molecule has 0 aliphatic heterocycles. The molecule has 1 aromatic rings. The molecule has 0 spiro atoms. The molecule has 106 valence electrons. The molecule has 0 unspecified atom stereocenters. The summed E-state index contributed by atoms with van der Waals surface area (Å²) < 4.78 is 61.5. The van der Waals surface area contributed by atoms with Gasteiger partial charge in [0.1, 0.15) is 5.69 Å². The van der Waals surface area contributed by atoms with Gasteiger partial charge in [0.05, 0.1) is 16.7 Å². The van der Waals surface area contributed by atoms with Gasteiger partial charge in [0.25, 0.3) is 5.69 Å². The second-order valence-electron chi connectivity index (χ2n) is 3.82. The molecule has 0 fully saturated rings. The number of nitro benzene ring substituents is 1. The normalized spacial score (nSPS) is 12.3. The Morgan fingerprint density at radius 1 is 1.32 bits per heavy atom. The van der Waals surface area contributed by atoms with E-state index in [0.29, 0.717) is 12.1 Å². The maximum absolute atomic E-state index is 12.5. The van der Waals surface area contributed by atoms with Crippen LogP contribution in [0.2, 0.25) is 0 Å². The molecular weight excluding hydrogens is 289 g/mol. The second kappa shape index (κ2) is 4.68. The maximum atomic E-state index is 12.5. The number of halogens is 3. The fourth-order valence-electron chi connectivity index (χ4n) is 1.39. The van der Waals surface area contributed by atoms with Crippen molar-refractivity contribution in [1.29, 1.82) is 0 Å². The lowest BCUT2D eigenvalue weighted by Crippen LogP contribution is -2.14. The SMILES string of the molecule is Cc1cc(C(F)(F)F)cc([N+](=O)[O-])c1NS(C)(=O)=O. The quantitative estimate of drug-likeness (QED) is 0.685. The van der Waals surface area contributed by atoms with E-state index in [-0.39, 0.29) is 5.56 Å². The largest absolute Gasteiger partial charge is 0.416 e. The van der Waals surface area contributed by atoms with E-state index in [1.807, 2.05) is 4.72 Å². The molecule has 0 heterocycles. The lowest BCUT2D eigenvalue weighted by atomic mass is 10.1. The van der Waals surface area contributed by atoms with Crippen molar-refractivity contribution in [3.8, 4) is 0 Å². The highest BCUT2D eigenvalue weighted by molar-refractivity contribution is 7.92. The first-order valence-electron chi connectivity index (χ1n) is 4.76. The van der Waals surface area contributed by atoms with Crippen LogP contribution < -0.4 is 4.72 Å². The zero-order chi connectivity index (χ0) is 15.0. The molecule has 1 N–H and O–H groups in total. The van der Waals surface area contributed by atoms with Gasteiger partial charge in [-0.1, -0.05) is 0 Å². The molecule has 10 heteroatoms. The van der Waals surface area contributed by atoms with Gasteiger partial charge in [-0.25, -0.2) is 8.42 Å². The van der Waals surface area contributed by atoms with E-state index >= 15 is 0 Å². The van der Waals surface area contributed by atoms with Crippen LogP contribution in [0.5, 0.6) is 0 Å². The van der Waals surface area contributed by atoms with E-state index < -0.39 is 38.1 Å². The van der Waals surface area contributed by atoms with Gasteiger partial charge in [-0.05, 0) is 18.6 Å². The van der Waals surface area contributed by atoms with E-state index in [0.717, 1.165) is 13.2 Å². The highest BCUT2D eigenvalue weighted by Gasteiger charge is 2.34. The Bertz CT molecular complexity index is 625. The summed E-state index contributed by atoms with van der Waals surface area (Å²) in [5, 5.41) is 10.7. The standard InChI is InChI=1S/C9H9F3N2O4S/c1-5-3-6(9(10,11)12)4-7(14(15)16)8(5)13-19(2,17)18/h3-4,13H,1-2H3. The molecule has 0 saturated heterocycles. The maximum Gasteiger partial charge on any atom is 0.416 e. The molecule has 0 aliphatic rings. The summed E-state index contributed by atoms with van der Waals surface area (Å²) in [7, 11) is -3.84. The van der Waals surface area contributed by atoms with Crippen LogP contribution in [0, 0.1) is 17.0 Å². The molecule has 19 heavy (non-hydrogen) atoms. The molecular formula is C9H9F3N2O4S. The van der Waals surface area contributed by atoms with Crippen molar-refractivity contribution in [3.63, 3.8) is 0 Å². The van der Waals surface area contributed by atoms with Crippen LogP contribution in [0.3, 0.4) is 0 Å². The summed E-state index contributed by atoms with van der Waals surface area (Å²) in [5.41, 5.74) is -2.82. The van der Waals surface area contributed by atoms with E-state index in [9.17, 15) is 31.7 Å². The molecule has 0 aliphatic carbocycles. The van der Waals surface area contributed by atoms with Crippen LogP contribution in [-0.2, 0) is 16.2 Å². The lowest BCUT2D eigenvalue weighted by molar-refractivity contribution is -0.384. The van der Waals surface area contributed by atoms with Crippen LogP contribution >= 0.6 is 0 Å². The minimum Gasteiger partial charge on any atom is -0.277 e. The van der Waals surface area contributed by atoms with Crippen LogP contribution in [0.15, 0.2) is 12.1 Å². The lowest BCUT2D eigenvalue weighted by Gasteiger charge is -2.12. The van der Waals surface area contributed by atoms with Crippen molar-refractivity contribution in [1.82, 2.24) is 0 Å². The third-order valence-corrected chi connectivity index (χ3v) is 2.70. The fraction of sp³-hybridized carbons (Fsp3) is 0.333. The molecule has 0 radical (unpaired) electrons. The van der Waals surface area contributed by atoms with Crippen LogP contribution in [0.1, 0.15) is 11.1 Å². The number of rotatable bonds is 3. The Morgan fingerprint density at radius 3 is 2.21 bits per heavy atom. The Labute approximate surface area is 106 Å². The second-order valence-corrected chi connectivity index (χ2v) is 5.56. The fourth-order valence-corrected chi connectivity index (χ4v) is 2.03. The topological polar surface area (TPSA) is 89.3 Å². The molecule has 1 aromatic carbocycles. The number of nitro groups is 1. The first-order chi connectivity index (χ1) is 8.42. The highest BCUT2D eigenvalue weighted by Crippen LogP contribution is 2.37. The summed E-state index contributed by atoms with van der Waals surface area (Å²) in [6.45, 7) is 1.15. The Kier molecular flexibility index (Phi) is 3.75. The number of sulfonamides is 1. The molecule has 0 amide bonds. The molecule has 0 bridgehead atoms. The van der Waals surface area contributed by atoms with Crippen LogP contribution in [-0.4, -0.2) is 19.6 Å². The zero-order valence-electron chi connectivity index (χ0n) is 9.78. The Morgan fingerprint density at radius 2 is 1.84 bits per heavy atom. The van der Waals surface area contributed by atoms with Gasteiger partial charge < -0.3 is 0 Å². The van der Waals surface area contributed by atoms with Gasteiger partial charge >= 0.3 is 6.18 Å². The van der Waals surface area contributed by atoms with E-state index in [1.165, 1.54) is 0 Å². The van der Waals surface area contributed by atoms with E-state index in [1.54, 1.807) is 0 Å². The minimum absolute atomic E-state index is 0.188. The number of anilines is 1. The number of nitrogens with zero attached hydrogens (tertiary/aromatic N) is 1. The third-order valence-electron chi connectivity index (χ3n) is 2.13. The summed E-state index contributed by atoms with van der Waals surface area (Å²) in [6, 6.07) is 0.932. The van der Waals surface area contributed by atoms with Crippen molar-refractivity contribution in [2.45, 2.75) is 13.1 Å². The molecule has 6 nitrogen and oxygen atoms in total. The van der Waals surface area contributed by atoms with Crippen molar-refractivity contribution in [3.05, 3.63) is 33.4 Å². The zero-order valence-corrected chi connectivity index (χ0v) is 10.6. The number of alkyl halides is 3. The average Bonchev–Trinajstić information content (AvgIpc) is 2.16. The van der Waals surface area contributed by atoms with E-state index in [2.05, 4.69) is 0 Å². The van der Waals surface area contributed by atoms with Gasteiger partial charge in [-0.3, -0.25) is 14.8 Å². The third kappa shape index (κ3) is 3.81. The predicted molar refractivity (Wildman–Crippen MR) is 61.3 cm³/mol. The van der Waals surface area contributed by atoms with Crippen molar-refractivity contribution in [2.75, 3.05) is 11.0 Å². The highest BCUT2D eigenvalue weighted by atomic mass is 32.2. The van der Waals surface area contributed by atoms with Gasteiger partial charge in [-0.15, -0.1) is 0 Å². The minimum atomic E-state index is -4.75. The summed E-state index contributed by atoms with van der Waals surface area (Å²) in [6.07, 6.45) is -4.01. The Balaban J connectivity index is 3.53. The average molecular weight is 298 g/mol. The first kappa shape index (κ1) is 15.2. The monoisotopic (exact) mass is 298 g/mol. The number of benzene rings is 1. The number of hydrogen-bond acceptors (Lipinski definition) is 4. The van der Waals surface area contributed by atoms with Crippen molar-refractivity contribution in [2.24, 2.45) is 0 Å². The summed E-state index contributed by atoms with van der Waals surface area (Å²) in [5.74, 6) is 0. The van der Waals surface area contributed by atoms with Crippen LogP contribution in [0.25, 0.3) is 0 Å². The van der Waals surface area contributed by atoms with Gasteiger partial charge in [-0.2, -0.15) is 13.2 Å². The molecule has 0 atom stereocenters. The Hall–Kier alpha value is -1.84. The molecule has 0 saturated carbocycles. The first-order valence-corrected chi connectivity index (χ1v) is 6.65. The van der Waals surface area contributed by atoms with Gasteiger partial charge in [0.2, 0.25) is 10.0 Å². The van der Waals surface area contributed by atoms with Crippen molar-refractivity contribution >= 4 is 21.4 Å². The van der Waals surface area contributed by atoms with Gasteiger partial charge in [0.15, 0.2) is 0 Å². The molecule has 1 rings (SSSR count). The van der Waals surface area contributed by atoms with Crippen molar-refractivity contribution < 1.29 is 26.5 Å². The number of aryl methyl sites for hydroxylation is 1. The smallest absolute Gasteiger partial charge is 0.277 e. The molecule has 0 aromatic heterocycles. The predicted octanol–water partition coefficient (Wildman–Crippen LogP) is 2.29. The number of hydrogen-bond donors (Lipinski definition) is 1. The summed E-state index contributed by atoms with van der Waals surface area (Å²) >= 11 is 0.